The molecule has 2 unspecified atom stereocenters. The molecular weight excluding hydrogens is 168 g/mol. The molecule has 4 nitrogen and oxygen atoms in total. The number of hydrogen-bond donors (Lipinski definition) is 2. The molecule has 0 bridgehead atoms. The summed E-state index contributed by atoms with van der Waals surface area (Å²) in [7, 11) is 0. The maximum atomic E-state index is 10.1. The Hall–Kier alpha value is -0.870. The minimum absolute atomic E-state index is 0.579. The molecule has 72 valence electrons. The summed E-state index contributed by atoms with van der Waals surface area (Å²) in [6.07, 6.45) is 4.82. The van der Waals surface area contributed by atoms with Gasteiger partial charge in [-0.15, -0.1) is 0 Å². The summed E-state index contributed by atoms with van der Waals surface area (Å²) >= 11 is 0. The first-order chi connectivity index (χ1) is 6.13. The number of nitrogens with zero attached hydrogens (tertiary/aromatic N) is 2. The fourth-order valence-electron chi connectivity index (χ4n) is 1.85. The second kappa shape index (κ2) is 2.82. The molecule has 1 aliphatic rings. The smallest absolute Gasteiger partial charge is 0.183 e. The highest BCUT2D eigenvalue weighted by Gasteiger charge is 2.42. The van der Waals surface area contributed by atoms with Gasteiger partial charge in [-0.2, -0.15) is 5.10 Å². The van der Waals surface area contributed by atoms with Crippen molar-refractivity contribution in [1.29, 1.82) is 0 Å². The van der Waals surface area contributed by atoms with Crippen LogP contribution in [-0.2, 0) is 5.72 Å². The molecule has 1 aromatic heterocycles. The minimum atomic E-state index is -1.17. The quantitative estimate of drug-likeness (QED) is 0.660. The lowest BCUT2D eigenvalue weighted by Gasteiger charge is -2.26. The highest BCUT2D eigenvalue weighted by Crippen LogP contribution is 2.33. The number of aromatic nitrogens is 2. The zero-order chi connectivity index (χ0) is 9.47. The Kier molecular flexibility index (Phi) is 1.89. The number of rotatable bonds is 1. The van der Waals surface area contributed by atoms with Gasteiger partial charge >= 0.3 is 0 Å². The lowest BCUT2D eigenvalue weighted by molar-refractivity contribution is -0.122. The molecule has 0 aromatic carbocycles. The molecule has 0 spiro atoms. The summed E-state index contributed by atoms with van der Waals surface area (Å²) in [6.45, 7) is 1.91. The summed E-state index contributed by atoms with van der Waals surface area (Å²) in [5, 5.41) is 23.7. The standard InChI is InChI=1S/C9H14N2O2/c1-7-5-10-11(6-7)9(13)4-2-3-8(9)12/h5-6,8,12-13H,2-4H2,1H3. The first kappa shape index (κ1) is 8.72. The molecule has 1 aliphatic carbocycles. The van der Waals surface area contributed by atoms with Crippen molar-refractivity contribution in [3.8, 4) is 0 Å². The highest BCUT2D eigenvalue weighted by atomic mass is 16.4. The molecule has 0 aliphatic heterocycles. The molecular formula is C9H14N2O2. The number of aliphatic hydroxyl groups is 2. The van der Waals surface area contributed by atoms with Crippen molar-refractivity contribution in [2.45, 2.75) is 38.0 Å². The third-order valence-electron chi connectivity index (χ3n) is 2.66. The molecule has 2 atom stereocenters. The van der Waals surface area contributed by atoms with E-state index < -0.39 is 11.8 Å². The van der Waals surface area contributed by atoms with Gasteiger partial charge in [0.25, 0.3) is 0 Å². The van der Waals surface area contributed by atoms with Gasteiger partial charge in [0.05, 0.1) is 6.20 Å². The maximum Gasteiger partial charge on any atom is 0.183 e. The Morgan fingerprint density at radius 3 is 2.92 bits per heavy atom. The average Bonchev–Trinajstić information content (AvgIpc) is 2.62. The van der Waals surface area contributed by atoms with Gasteiger partial charge in [0.2, 0.25) is 0 Å². The summed E-state index contributed by atoms with van der Waals surface area (Å²) in [6, 6.07) is 0. The summed E-state index contributed by atoms with van der Waals surface area (Å²) in [5.74, 6) is 0. The Bertz CT molecular complexity index is 310. The Balaban J connectivity index is 2.33. The van der Waals surface area contributed by atoms with E-state index in [2.05, 4.69) is 5.10 Å². The summed E-state index contributed by atoms with van der Waals surface area (Å²) in [4.78, 5) is 0. The predicted octanol–water partition coefficient (Wildman–Crippen LogP) is 0.381. The van der Waals surface area contributed by atoms with Gasteiger partial charge in [0, 0.05) is 6.20 Å². The van der Waals surface area contributed by atoms with Gasteiger partial charge in [-0.05, 0) is 31.7 Å². The van der Waals surface area contributed by atoms with Crippen LogP contribution in [0.2, 0.25) is 0 Å². The fourth-order valence-corrected chi connectivity index (χ4v) is 1.85. The van der Waals surface area contributed by atoms with E-state index in [1.165, 1.54) is 4.68 Å². The van der Waals surface area contributed by atoms with E-state index >= 15 is 0 Å². The van der Waals surface area contributed by atoms with Crippen LogP contribution >= 0.6 is 0 Å². The largest absolute Gasteiger partial charge is 0.388 e. The molecule has 1 fully saturated rings. The normalized spacial score (nSPS) is 33.9. The number of aliphatic hydroxyl groups excluding tert-OH is 1. The molecule has 0 saturated heterocycles. The van der Waals surface area contributed by atoms with Crippen molar-refractivity contribution in [3.05, 3.63) is 18.0 Å². The molecule has 2 rings (SSSR count). The van der Waals surface area contributed by atoms with Gasteiger partial charge in [-0.1, -0.05) is 0 Å². The summed E-state index contributed by atoms with van der Waals surface area (Å²) in [5.41, 5.74) is -0.179. The third kappa shape index (κ3) is 1.26. The van der Waals surface area contributed by atoms with Crippen LogP contribution in [0, 0.1) is 6.92 Å². The van der Waals surface area contributed by atoms with Crippen molar-refractivity contribution in [2.75, 3.05) is 0 Å². The zero-order valence-electron chi connectivity index (χ0n) is 7.64. The van der Waals surface area contributed by atoms with Gasteiger partial charge in [-0.3, -0.25) is 0 Å². The van der Waals surface area contributed by atoms with E-state index in [-0.39, 0.29) is 0 Å². The SMILES string of the molecule is Cc1cnn(C2(O)CCCC2O)c1. The van der Waals surface area contributed by atoms with E-state index in [0.29, 0.717) is 12.8 Å². The molecule has 4 heteroatoms. The van der Waals surface area contributed by atoms with Crippen molar-refractivity contribution in [3.63, 3.8) is 0 Å². The van der Waals surface area contributed by atoms with E-state index in [0.717, 1.165) is 12.0 Å². The van der Waals surface area contributed by atoms with Gasteiger partial charge < -0.3 is 10.2 Å². The Labute approximate surface area is 76.8 Å². The maximum absolute atomic E-state index is 10.1. The van der Waals surface area contributed by atoms with Crippen LogP contribution in [0.25, 0.3) is 0 Å². The molecule has 0 amide bonds. The van der Waals surface area contributed by atoms with Crippen molar-refractivity contribution < 1.29 is 10.2 Å². The van der Waals surface area contributed by atoms with Gasteiger partial charge in [0.1, 0.15) is 6.10 Å². The monoisotopic (exact) mass is 182 g/mol. The van der Waals surface area contributed by atoms with Crippen LogP contribution in [0.5, 0.6) is 0 Å². The van der Waals surface area contributed by atoms with E-state index in [1.807, 2.05) is 6.92 Å². The third-order valence-corrected chi connectivity index (χ3v) is 2.66. The van der Waals surface area contributed by atoms with E-state index in [9.17, 15) is 10.2 Å². The Morgan fingerprint density at radius 1 is 1.69 bits per heavy atom. The van der Waals surface area contributed by atoms with Crippen molar-refractivity contribution in [2.24, 2.45) is 0 Å². The van der Waals surface area contributed by atoms with Crippen LogP contribution in [0.4, 0.5) is 0 Å². The van der Waals surface area contributed by atoms with Crippen LogP contribution < -0.4 is 0 Å². The lowest BCUT2D eigenvalue weighted by Crippen LogP contribution is -2.41. The fraction of sp³-hybridized carbons (Fsp3) is 0.667. The molecule has 1 heterocycles. The molecule has 1 aromatic rings. The highest BCUT2D eigenvalue weighted by molar-refractivity contribution is 5.03. The lowest BCUT2D eigenvalue weighted by atomic mass is 10.1. The average molecular weight is 182 g/mol. The van der Waals surface area contributed by atoms with Crippen molar-refractivity contribution in [1.82, 2.24) is 9.78 Å². The minimum Gasteiger partial charge on any atom is -0.388 e. The van der Waals surface area contributed by atoms with Crippen LogP contribution in [0.15, 0.2) is 12.4 Å². The Morgan fingerprint density at radius 2 is 2.46 bits per heavy atom. The van der Waals surface area contributed by atoms with Crippen molar-refractivity contribution >= 4 is 0 Å². The summed E-state index contributed by atoms with van der Waals surface area (Å²) < 4.78 is 1.47. The second-order valence-electron chi connectivity index (χ2n) is 3.75. The zero-order valence-corrected chi connectivity index (χ0v) is 7.64. The number of aryl methyl sites for hydroxylation is 1. The molecule has 0 radical (unpaired) electrons. The molecule has 1 saturated carbocycles. The number of hydrogen-bond acceptors (Lipinski definition) is 3. The van der Waals surface area contributed by atoms with Crippen LogP contribution in [0.3, 0.4) is 0 Å². The molecule has 2 N–H and O–H groups in total. The first-order valence-corrected chi connectivity index (χ1v) is 4.55. The predicted molar refractivity (Wildman–Crippen MR) is 47.0 cm³/mol. The van der Waals surface area contributed by atoms with Gasteiger partial charge in [-0.25, -0.2) is 4.68 Å². The topological polar surface area (TPSA) is 58.3 Å². The molecule has 13 heavy (non-hydrogen) atoms. The van der Waals surface area contributed by atoms with Crippen LogP contribution in [-0.4, -0.2) is 26.1 Å². The van der Waals surface area contributed by atoms with E-state index in [4.69, 9.17) is 0 Å². The second-order valence-corrected chi connectivity index (χ2v) is 3.75. The van der Waals surface area contributed by atoms with Crippen LogP contribution in [0.1, 0.15) is 24.8 Å². The van der Waals surface area contributed by atoms with E-state index in [1.54, 1.807) is 12.4 Å². The first-order valence-electron chi connectivity index (χ1n) is 4.55. The van der Waals surface area contributed by atoms with Gasteiger partial charge in [0.15, 0.2) is 5.72 Å².